The zero-order valence-corrected chi connectivity index (χ0v) is 31.3. The number of likely N-dealkylation sites (tertiary alicyclic amines) is 1. The Labute approximate surface area is 322 Å². The number of hydrogen-bond acceptors (Lipinski definition) is 6. The maximum atomic E-state index is 12.6. The molecule has 9 heteroatoms. The van der Waals surface area contributed by atoms with Crippen molar-refractivity contribution in [2.45, 2.75) is 63.6 Å². The van der Waals surface area contributed by atoms with E-state index in [9.17, 15) is 15.0 Å². The number of carbonyl (C=O) groups is 1. The molecule has 5 aromatic carbocycles. The molecule has 0 aromatic heterocycles. The van der Waals surface area contributed by atoms with Crippen molar-refractivity contribution in [3.05, 3.63) is 166 Å². The van der Waals surface area contributed by atoms with Gasteiger partial charge in [-0.3, -0.25) is 0 Å². The lowest BCUT2D eigenvalue weighted by Gasteiger charge is -2.45. The number of ether oxygens (including phenoxy) is 2. The van der Waals surface area contributed by atoms with Gasteiger partial charge in [-0.05, 0) is 63.9 Å². The van der Waals surface area contributed by atoms with Crippen molar-refractivity contribution in [2.75, 3.05) is 19.6 Å². The van der Waals surface area contributed by atoms with Crippen LogP contribution in [0.4, 0.5) is 4.79 Å². The minimum absolute atomic E-state index is 0.0138. The van der Waals surface area contributed by atoms with E-state index in [1.807, 2.05) is 97.1 Å². The summed E-state index contributed by atoms with van der Waals surface area (Å²) in [6.07, 6.45) is 0.296. The largest absolute Gasteiger partial charge is 0.392 e. The number of hydrogen-bond donors (Lipinski definition) is 4. The molecule has 2 saturated heterocycles. The second-order valence-corrected chi connectivity index (χ2v) is 14.9. The zero-order chi connectivity index (χ0) is 37.5. The first-order chi connectivity index (χ1) is 26.3. The van der Waals surface area contributed by atoms with Gasteiger partial charge >= 0.3 is 6.03 Å². The molecule has 8 nitrogen and oxygen atoms in total. The van der Waals surface area contributed by atoms with Crippen LogP contribution in [0.5, 0.6) is 0 Å². The van der Waals surface area contributed by atoms with E-state index in [0.717, 1.165) is 57.6 Å². The van der Waals surface area contributed by atoms with E-state index in [4.69, 9.17) is 21.1 Å². The average molecular weight is 746 g/mol. The van der Waals surface area contributed by atoms with E-state index in [1.165, 1.54) is 0 Å². The molecule has 280 valence electrons. The molecule has 0 aliphatic carbocycles. The van der Waals surface area contributed by atoms with E-state index in [1.54, 1.807) is 0 Å². The minimum Gasteiger partial charge on any atom is -0.392 e. The molecule has 0 radical (unpaired) electrons. The zero-order valence-electron chi connectivity index (χ0n) is 30.5. The van der Waals surface area contributed by atoms with Crippen molar-refractivity contribution in [1.29, 1.82) is 0 Å². The number of aliphatic hydroxyl groups is 2. The van der Waals surface area contributed by atoms with Gasteiger partial charge < -0.3 is 35.2 Å². The third-order valence-electron chi connectivity index (χ3n) is 10.9. The predicted molar refractivity (Wildman–Crippen MR) is 211 cm³/mol. The summed E-state index contributed by atoms with van der Waals surface area (Å²) in [5.74, 6) is 0.0434. The maximum absolute atomic E-state index is 12.6. The lowest BCUT2D eigenvalue weighted by atomic mass is 9.84. The molecule has 4 atom stereocenters. The fourth-order valence-corrected chi connectivity index (χ4v) is 7.65. The van der Waals surface area contributed by atoms with Crippen LogP contribution in [-0.2, 0) is 34.8 Å². The monoisotopic (exact) mass is 745 g/mol. The van der Waals surface area contributed by atoms with Gasteiger partial charge in [0.1, 0.15) is 0 Å². The molecule has 2 amide bonds. The molecule has 0 saturated carbocycles. The van der Waals surface area contributed by atoms with E-state index >= 15 is 0 Å². The quantitative estimate of drug-likeness (QED) is 0.109. The summed E-state index contributed by atoms with van der Waals surface area (Å²) in [7, 11) is 0. The number of aliphatic hydroxyl groups excluding tert-OH is 1. The highest BCUT2D eigenvalue weighted by molar-refractivity contribution is 6.30. The Balaban J connectivity index is 1.04. The Kier molecular flexibility index (Phi) is 12.1. The molecule has 0 unspecified atom stereocenters. The van der Waals surface area contributed by atoms with Crippen molar-refractivity contribution >= 4 is 17.6 Å². The van der Waals surface area contributed by atoms with Gasteiger partial charge in [0, 0.05) is 49.2 Å². The van der Waals surface area contributed by atoms with Crippen LogP contribution in [0.2, 0.25) is 5.02 Å². The average Bonchev–Trinajstić information content (AvgIpc) is 3.22. The van der Waals surface area contributed by atoms with Gasteiger partial charge in [-0.15, -0.1) is 0 Å². The lowest BCUT2D eigenvalue weighted by Crippen LogP contribution is -2.49. The first-order valence-electron chi connectivity index (χ1n) is 18.7. The van der Waals surface area contributed by atoms with Crippen LogP contribution >= 0.6 is 11.6 Å². The molecular weight excluding hydrogens is 698 g/mol. The number of piperidine rings is 1. The van der Waals surface area contributed by atoms with E-state index in [2.05, 4.69) is 52.8 Å². The van der Waals surface area contributed by atoms with Gasteiger partial charge in [0.05, 0.1) is 24.4 Å². The van der Waals surface area contributed by atoms with E-state index < -0.39 is 11.9 Å². The fraction of sp³-hybridized carbons (Fsp3) is 0.311. The summed E-state index contributed by atoms with van der Waals surface area (Å²) in [6, 6.07) is 41.5. The number of amides is 2. The molecule has 4 N–H and O–H groups in total. The Morgan fingerprint density at radius 1 is 0.778 bits per heavy atom. The number of carbonyl (C=O) groups excluding carboxylic acids is 1. The number of benzene rings is 5. The SMILES string of the molecule is C[C@@H]1[C@H](CN2CCC(O)(c3ccc(Cl)cc3)CC2)O[C@H](c2ccc(-c3ccccc3CNC(=O)NCc3ccccc3)cc2)O[C@@H]1c1ccc(CO)cc1. The number of nitrogens with one attached hydrogen (secondary N) is 2. The summed E-state index contributed by atoms with van der Waals surface area (Å²) in [4.78, 5) is 15.0. The minimum atomic E-state index is -0.881. The van der Waals surface area contributed by atoms with Crippen LogP contribution in [0.3, 0.4) is 0 Å². The Hall–Kier alpha value is -4.54. The highest BCUT2D eigenvalue weighted by atomic mass is 35.5. The normalized spacial score (nSPS) is 21.3. The highest BCUT2D eigenvalue weighted by Gasteiger charge is 2.41. The number of halogens is 1. The number of nitrogens with zero attached hydrogens (tertiary/aromatic N) is 1. The van der Waals surface area contributed by atoms with Crippen molar-refractivity contribution < 1.29 is 24.5 Å². The van der Waals surface area contributed by atoms with Crippen LogP contribution in [0.25, 0.3) is 11.1 Å². The van der Waals surface area contributed by atoms with Crippen LogP contribution in [-0.4, -0.2) is 46.9 Å². The Morgan fingerprint density at radius 2 is 1.43 bits per heavy atom. The topological polar surface area (TPSA) is 103 Å². The number of rotatable bonds is 11. The third-order valence-corrected chi connectivity index (χ3v) is 11.1. The van der Waals surface area contributed by atoms with E-state index in [0.29, 0.717) is 37.5 Å². The van der Waals surface area contributed by atoms with Crippen LogP contribution in [0, 0.1) is 5.92 Å². The second kappa shape index (κ2) is 17.3. The predicted octanol–water partition coefficient (Wildman–Crippen LogP) is 8.27. The van der Waals surface area contributed by atoms with Gasteiger partial charge in [-0.1, -0.05) is 134 Å². The summed E-state index contributed by atoms with van der Waals surface area (Å²) in [6.45, 7) is 5.20. The molecular formula is C45H48ClN3O5. The Bertz CT molecular complexity index is 1970. The molecule has 7 rings (SSSR count). The molecule has 54 heavy (non-hydrogen) atoms. The van der Waals surface area contributed by atoms with Crippen molar-refractivity contribution in [2.24, 2.45) is 5.92 Å². The van der Waals surface area contributed by atoms with Crippen LogP contribution in [0.1, 0.15) is 65.5 Å². The highest BCUT2D eigenvalue weighted by Crippen LogP contribution is 2.43. The van der Waals surface area contributed by atoms with Gasteiger partial charge in [0.15, 0.2) is 6.29 Å². The molecule has 2 aliphatic heterocycles. The van der Waals surface area contributed by atoms with Crippen molar-refractivity contribution in [1.82, 2.24) is 15.5 Å². The summed E-state index contributed by atoms with van der Waals surface area (Å²) < 4.78 is 13.5. The molecule has 5 aromatic rings. The summed E-state index contributed by atoms with van der Waals surface area (Å²) in [5.41, 5.74) is 6.95. The summed E-state index contributed by atoms with van der Waals surface area (Å²) in [5, 5.41) is 27.8. The lowest BCUT2D eigenvalue weighted by molar-refractivity contribution is -0.277. The van der Waals surface area contributed by atoms with Gasteiger partial charge in [0.2, 0.25) is 0 Å². The summed E-state index contributed by atoms with van der Waals surface area (Å²) >= 11 is 6.12. The maximum Gasteiger partial charge on any atom is 0.315 e. The molecule has 2 heterocycles. The molecule has 2 aliphatic rings. The van der Waals surface area contributed by atoms with E-state index in [-0.39, 0.29) is 30.8 Å². The molecule has 0 spiro atoms. The first-order valence-corrected chi connectivity index (χ1v) is 19.1. The van der Waals surface area contributed by atoms with Crippen LogP contribution < -0.4 is 10.6 Å². The van der Waals surface area contributed by atoms with Crippen molar-refractivity contribution in [3.63, 3.8) is 0 Å². The van der Waals surface area contributed by atoms with Gasteiger partial charge in [-0.25, -0.2) is 4.79 Å². The standard InChI is InChI=1S/C45H48ClN3O5/c1-31-41(29-49-25-23-45(52,24-26-49)38-19-21-39(46)22-20-38)53-43(54-42(31)35-13-11-33(30-50)12-14-35)36-17-15-34(16-18-36)40-10-6-5-9-37(40)28-48-44(51)47-27-32-7-3-2-4-8-32/h2-22,31,41-43,50,52H,23-30H2,1H3,(H2,47,48,51)/t31-,41+,42+,43+/m1/s1. The van der Waals surface area contributed by atoms with Crippen LogP contribution in [0.15, 0.2) is 127 Å². The smallest absolute Gasteiger partial charge is 0.315 e. The Morgan fingerprint density at radius 3 is 2.13 bits per heavy atom. The fourth-order valence-electron chi connectivity index (χ4n) is 7.53. The number of urea groups is 1. The van der Waals surface area contributed by atoms with Gasteiger partial charge in [-0.2, -0.15) is 0 Å². The second-order valence-electron chi connectivity index (χ2n) is 14.5. The molecule has 2 fully saturated rings. The molecule has 0 bridgehead atoms. The third kappa shape index (κ3) is 9.04. The van der Waals surface area contributed by atoms with Crippen molar-refractivity contribution in [3.8, 4) is 11.1 Å². The van der Waals surface area contributed by atoms with Gasteiger partial charge in [0.25, 0.3) is 0 Å². The first kappa shape index (κ1) is 37.8.